The van der Waals surface area contributed by atoms with Gasteiger partial charge in [0.15, 0.2) is 0 Å². The van der Waals surface area contributed by atoms with Crippen LogP contribution in [0.2, 0.25) is 0 Å². The van der Waals surface area contributed by atoms with E-state index in [-0.39, 0.29) is 36.8 Å². The highest BCUT2D eigenvalue weighted by atomic mass is 16.2. The van der Waals surface area contributed by atoms with E-state index in [9.17, 15) is 19.2 Å². The summed E-state index contributed by atoms with van der Waals surface area (Å²) in [5.74, 6) is -0.527. The maximum absolute atomic E-state index is 12.2. The Bertz CT molecular complexity index is 688. The average molecular weight is 375 g/mol. The molecule has 0 spiro atoms. The minimum Gasteiger partial charge on any atom is -0.329 e. The van der Waals surface area contributed by atoms with Crippen LogP contribution in [0.3, 0.4) is 0 Å². The number of carbonyl (C=O) groups is 4. The Morgan fingerprint density at radius 2 is 1.78 bits per heavy atom. The van der Waals surface area contributed by atoms with Crippen molar-refractivity contribution in [1.29, 1.82) is 0 Å². The second-order valence-electron chi connectivity index (χ2n) is 6.23. The molecule has 9 heteroatoms. The molecule has 27 heavy (non-hydrogen) atoms. The molecule has 0 bridgehead atoms. The molecule has 5 amide bonds. The van der Waals surface area contributed by atoms with Crippen molar-refractivity contribution >= 4 is 35.1 Å². The number of hydrogen-bond donors (Lipinski definition) is 3. The van der Waals surface area contributed by atoms with Gasteiger partial charge in [0, 0.05) is 31.4 Å². The summed E-state index contributed by atoms with van der Waals surface area (Å²) < 4.78 is 0. The van der Waals surface area contributed by atoms with Crippen molar-refractivity contribution in [2.45, 2.75) is 20.3 Å². The first-order valence-corrected chi connectivity index (χ1v) is 8.87. The fourth-order valence-electron chi connectivity index (χ4n) is 2.73. The molecule has 1 heterocycles. The fraction of sp³-hybridized carbons (Fsp3) is 0.444. The van der Waals surface area contributed by atoms with Crippen molar-refractivity contribution in [3.8, 4) is 0 Å². The lowest BCUT2D eigenvalue weighted by molar-refractivity contribution is -0.125. The molecule has 0 atom stereocenters. The van der Waals surface area contributed by atoms with Crippen LogP contribution < -0.4 is 16.0 Å². The van der Waals surface area contributed by atoms with E-state index in [2.05, 4.69) is 16.0 Å². The van der Waals surface area contributed by atoms with Gasteiger partial charge in [-0.15, -0.1) is 0 Å². The lowest BCUT2D eigenvalue weighted by Gasteiger charge is -2.21. The monoisotopic (exact) mass is 375 g/mol. The van der Waals surface area contributed by atoms with Gasteiger partial charge in [0.1, 0.15) is 0 Å². The van der Waals surface area contributed by atoms with Crippen LogP contribution >= 0.6 is 0 Å². The molecule has 9 nitrogen and oxygen atoms in total. The number of hydrogen-bond acceptors (Lipinski definition) is 5. The maximum Gasteiger partial charge on any atom is 0.324 e. The second-order valence-corrected chi connectivity index (χ2v) is 6.23. The predicted octanol–water partition coefficient (Wildman–Crippen LogP) is 0.847. The number of nitrogens with zero attached hydrogens (tertiary/aromatic N) is 2. The molecule has 0 aromatic heterocycles. The van der Waals surface area contributed by atoms with Gasteiger partial charge in [-0.05, 0) is 37.2 Å². The zero-order valence-corrected chi connectivity index (χ0v) is 15.6. The molecule has 1 aliphatic rings. The summed E-state index contributed by atoms with van der Waals surface area (Å²) >= 11 is 0. The van der Waals surface area contributed by atoms with Crippen molar-refractivity contribution in [3.05, 3.63) is 24.3 Å². The molecule has 146 valence electrons. The van der Waals surface area contributed by atoms with Crippen molar-refractivity contribution in [1.82, 2.24) is 15.1 Å². The van der Waals surface area contributed by atoms with E-state index in [0.717, 1.165) is 0 Å². The van der Waals surface area contributed by atoms with Gasteiger partial charge in [-0.25, -0.2) is 4.79 Å². The van der Waals surface area contributed by atoms with Crippen LogP contribution in [0.1, 0.15) is 20.3 Å². The molecule has 1 aliphatic heterocycles. The molecule has 1 aromatic carbocycles. The highest BCUT2D eigenvalue weighted by Crippen LogP contribution is 2.13. The van der Waals surface area contributed by atoms with Crippen molar-refractivity contribution < 1.29 is 19.2 Å². The Kier molecular flexibility index (Phi) is 7.30. The zero-order chi connectivity index (χ0) is 19.8. The summed E-state index contributed by atoms with van der Waals surface area (Å²) in [6.07, 6.45) is 0.603. The lowest BCUT2D eigenvalue weighted by atomic mass is 10.2. The summed E-state index contributed by atoms with van der Waals surface area (Å²) in [4.78, 5) is 49.4. The van der Waals surface area contributed by atoms with E-state index in [0.29, 0.717) is 37.4 Å². The number of imide groups is 1. The van der Waals surface area contributed by atoms with Crippen LogP contribution in [0.5, 0.6) is 0 Å². The highest BCUT2D eigenvalue weighted by Gasteiger charge is 2.27. The van der Waals surface area contributed by atoms with E-state index in [1.54, 1.807) is 24.3 Å². The van der Waals surface area contributed by atoms with E-state index in [1.807, 2.05) is 11.8 Å². The van der Waals surface area contributed by atoms with Crippen LogP contribution in [-0.4, -0.2) is 66.3 Å². The molecular weight excluding hydrogens is 350 g/mol. The SMILES string of the molecule is CCN(CCCN1C(=O)CNC1=O)CC(=O)Nc1ccc(NC(C)=O)cc1. The number of carbonyl (C=O) groups excluding carboxylic acids is 4. The molecule has 2 rings (SSSR count). The lowest BCUT2D eigenvalue weighted by Crippen LogP contribution is -2.37. The largest absolute Gasteiger partial charge is 0.329 e. The van der Waals surface area contributed by atoms with Crippen LogP contribution in [0.15, 0.2) is 24.3 Å². The first kappa shape index (κ1) is 20.4. The van der Waals surface area contributed by atoms with Crippen molar-refractivity contribution in [3.63, 3.8) is 0 Å². The first-order chi connectivity index (χ1) is 12.9. The van der Waals surface area contributed by atoms with Crippen molar-refractivity contribution in [2.75, 3.05) is 43.4 Å². The van der Waals surface area contributed by atoms with Gasteiger partial charge in [0.25, 0.3) is 0 Å². The summed E-state index contributed by atoms with van der Waals surface area (Å²) in [5, 5.41) is 7.96. The van der Waals surface area contributed by atoms with Gasteiger partial charge in [-0.3, -0.25) is 24.2 Å². The summed E-state index contributed by atoms with van der Waals surface area (Å²) in [6, 6.07) is 6.51. The van der Waals surface area contributed by atoms with Crippen LogP contribution in [0, 0.1) is 0 Å². The number of rotatable bonds is 9. The molecule has 0 radical (unpaired) electrons. The van der Waals surface area contributed by atoms with Gasteiger partial charge < -0.3 is 16.0 Å². The molecule has 0 aliphatic carbocycles. The molecule has 3 N–H and O–H groups in total. The number of anilines is 2. The first-order valence-electron chi connectivity index (χ1n) is 8.87. The molecule has 1 aromatic rings. The van der Waals surface area contributed by atoms with E-state index < -0.39 is 0 Å². The van der Waals surface area contributed by atoms with Gasteiger partial charge >= 0.3 is 6.03 Å². The fourth-order valence-corrected chi connectivity index (χ4v) is 2.73. The standard InChI is InChI=1S/C18H25N5O4/c1-3-22(9-4-10-23-17(26)11-19-18(23)27)12-16(25)21-15-7-5-14(6-8-15)20-13(2)24/h5-8H,3-4,9-12H2,1-2H3,(H,19,27)(H,20,24)(H,21,25). The minimum atomic E-state index is -0.358. The molecular formula is C18H25N5O4. The summed E-state index contributed by atoms with van der Waals surface area (Å²) in [6.45, 7) is 5.26. The van der Waals surface area contributed by atoms with Crippen LogP contribution in [0.25, 0.3) is 0 Å². The molecule has 0 saturated carbocycles. The normalized spacial score (nSPS) is 13.7. The maximum atomic E-state index is 12.2. The minimum absolute atomic E-state index is 0.0550. The number of urea groups is 1. The van der Waals surface area contributed by atoms with E-state index >= 15 is 0 Å². The van der Waals surface area contributed by atoms with Gasteiger partial charge in [0.05, 0.1) is 13.1 Å². The Balaban J connectivity index is 1.76. The van der Waals surface area contributed by atoms with Crippen LogP contribution in [0.4, 0.5) is 16.2 Å². The predicted molar refractivity (Wildman–Crippen MR) is 101 cm³/mol. The third-order valence-electron chi connectivity index (χ3n) is 4.10. The Morgan fingerprint density at radius 1 is 1.15 bits per heavy atom. The average Bonchev–Trinajstić information content (AvgIpc) is 2.94. The highest BCUT2D eigenvalue weighted by molar-refractivity contribution is 6.01. The topological polar surface area (TPSA) is 111 Å². The third kappa shape index (κ3) is 6.37. The summed E-state index contributed by atoms with van der Waals surface area (Å²) in [5.41, 5.74) is 1.31. The van der Waals surface area contributed by atoms with Crippen LogP contribution in [-0.2, 0) is 14.4 Å². The molecule has 1 fully saturated rings. The smallest absolute Gasteiger partial charge is 0.324 e. The van der Waals surface area contributed by atoms with Gasteiger partial charge in [-0.1, -0.05) is 6.92 Å². The second kappa shape index (κ2) is 9.67. The summed E-state index contributed by atoms with van der Waals surface area (Å²) in [7, 11) is 0. The number of amides is 5. The Morgan fingerprint density at radius 3 is 2.30 bits per heavy atom. The van der Waals surface area contributed by atoms with Crippen molar-refractivity contribution in [2.24, 2.45) is 0 Å². The zero-order valence-electron chi connectivity index (χ0n) is 15.6. The number of likely N-dealkylation sites (N-methyl/N-ethyl adjacent to an activating group) is 1. The van der Waals surface area contributed by atoms with Gasteiger partial charge in [-0.2, -0.15) is 0 Å². The number of benzene rings is 1. The number of nitrogens with one attached hydrogen (secondary N) is 3. The van der Waals surface area contributed by atoms with Gasteiger partial charge in [0.2, 0.25) is 17.7 Å². The van der Waals surface area contributed by atoms with E-state index in [4.69, 9.17) is 0 Å². The quantitative estimate of drug-likeness (QED) is 0.554. The van der Waals surface area contributed by atoms with E-state index in [1.165, 1.54) is 11.8 Å². The Labute approximate surface area is 158 Å². The third-order valence-corrected chi connectivity index (χ3v) is 4.10. The molecule has 1 saturated heterocycles. The Hall–Kier alpha value is -2.94. The molecule has 0 unspecified atom stereocenters.